The van der Waals surface area contributed by atoms with Crippen molar-refractivity contribution in [3.05, 3.63) is 47.7 Å². The summed E-state index contributed by atoms with van der Waals surface area (Å²) in [6, 6.07) is 9.42. The van der Waals surface area contributed by atoms with Gasteiger partial charge in [0.1, 0.15) is 5.57 Å². The Morgan fingerprint density at radius 3 is 2.29 bits per heavy atom. The highest BCUT2D eigenvalue weighted by molar-refractivity contribution is 6.16. The smallest absolute Gasteiger partial charge is 0.346 e. The highest BCUT2D eigenvalue weighted by atomic mass is 16.5. The number of carbonyl (C=O) groups excluding carboxylic acids is 1. The first-order chi connectivity index (χ1) is 7.94. The Balaban J connectivity index is 3.24. The third-order valence-electron chi connectivity index (χ3n) is 2.10. The summed E-state index contributed by atoms with van der Waals surface area (Å²) in [5.74, 6) is -0.364. The standard InChI is InChI=1S/C15H18O2/c1-15(2,3)11-10-13(14(16)17-4)12-8-6-5-7-9-12/h5-9,11H,1-4H3. The zero-order chi connectivity index (χ0) is 12.9. The Labute approximate surface area is 103 Å². The zero-order valence-electron chi connectivity index (χ0n) is 10.8. The second-order valence-electron chi connectivity index (χ2n) is 4.89. The highest BCUT2D eigenvalue weighted by Crippen LogP contribution is 2.18. The molecule has 0 amide bonds. The van der Waals surface area contributed by atoms with Crippen LogP contribution in [-0.4, -0.2) is 13.1 Å². The van der Waals surface area contributed by atoms with Crippen LogP contribution in [-0.2, 0) is 9.53 Å². The number of hydrogen-bond acceptors (Lipinski definition) is 2. The molecule has 0 unspecified atom stereocenters. The largest absolute Gasteiger partial charge is 0.465 e. The summed E-state index contributed by atoms with van der Waals surface area (Å²) < 4.78 is 4.77. The minimum Gasteiger partial charge on any atom is -0.465 e. The summed E-state index contributed by atoms with van der Waals surface area (Å²) in [4.78, 5) is 11.7. The summed E-state index contributed by atoms with van der Waals surface area (Å²) in [6.45, 7) is 6.17. The lowest BCUT2D eigenvalue weighted by atomic mass is 9.96. The van der Waals surface area contributed by atoms with Gasteiger partial charge in [-0.05, 0) is 17.1 Å². The fraction of sp³-hybridized carbons (Fsp3) is 0.333. The topological polar surface area (TPSA) is 26.3 Å². The molecule has 0 N–H and O–H groups in total. The molecule has 0 fully saturated rings. The van der Waals surface area contributed by atoms with Crippen LogP contribution in [0.2, 0.25) is 0 Å². The number of carbonyl (C=O) groups is 1. The summed E-state index contributed by atoms with van der Waals surface area (Å²) in [6.07, 6.45) is 1.88. The van der Waals surface area contributed by atoms with Crippen molar-refractivity contribution >= 4 is 11.5 Å². The first-order valence-electron chi connectivity index (χ1n) is 5.55. The molecule has 0 atom stereocenters. The van der Waals surface area contributed by atoms with Crippen LogP contribution in [0.4, 0.5) is 0 Å². The van der Waals surface area contributed by atoms with Crippen LogP contribution in [0.1, 0.15) is 26.3 Å². The number of ether oxygens (including phenoxy) is 1. The number of benzene rings is 1. The monoisotopic (exact) mass is 230 g/mol. The van der Waals surface area contributed by atoms with Gasteiger partial charge >= 0.3 is 5.97 Å². The molecular weight excluding hydrogens is 212 g/mol. The number of esters is 1. The van der Waals surface area contributed by atoms with Crippen molar-refractivity contribution in [2.45, 2.75) is 20.8 Å². The van der Waals surface area contributed by atoms with Crippen molar-refractivity contribution in [3.63, 3.8) is 0 Å². The molecule has 2 nitrogen and oxygen atoms in total. The second-order valence-corrected chi connectivity index (χ2v) is 4.89. The maximum absolute atomic E-state index is 11.7. The number of hydrogen-bond donors (Lipinski definition) is 0. The van der Waals surface area contributed by atoms with Crippen molar-refractivity contribution < 1.29 is 9.53 Å². The molecule has 0 bridgehead atoms. The summed E-state index contributed by atoms with van der Waals surface area (Å²) in [7, 11) is 1.38. The maximum Gasteiger partial charge on any atom is 0.346 e. The predicted molar refractivity (Wildman–Crippen MR) is 69.4 cm³/mol. The van der Waals surface area contributed by atoms with E-state index in [2.05, 4.69) is 26.5 Å². The summed E-state index contributed by atoms with van der Waals surface area (Å²) >= 11 is 0. The van der Waals surface area contributed by atoms with Crippen LogP contribution < -0.4 is 0 Å². The van der Waals surface area contributed by atoms with Gasteiger partial charge in [-0.25, -0.2) is 4.79 Å². The van der Waals surface area contributed by atoms with Gasteiger partial charge in [0.05, 0.1) is 7.11 Å². The van der Waals surface area contributed by atoms with Crippen LogP contribution in [0.25, 0.3) is 5.57 Å². The molecule has 2 heteroatoms. The van der Waals surface area contributed by atoms with Crippen molar-refractivity contribution in [1.29, 1.82) is 0 Å². The quantitative estimate of drug-likeness (QED) is 0.442. The van der Waals surface area contributed by atoms with Crippen molar-refractivity contribution in [2.75, 3.05) is 7.11 Å². The summed E-state index contributed by atoms with van der Waals surface area (Å²) in [5, 5.41) is 0. The first-order valence-corrected chi connectivity index (χ1v) is 5.55. The van der Waals surface area contributed by atoms with Gasteiger partial charge in [-0.2, -0.15) is 0 Å². The van der Waals surface area contributed by atoms with Crippen molar-refractivity contribution in [3.8, 4) is 0 Å². The Morgan fingerprint density at radius 1 is 1.24 bits per heavy atom. The predicted octanol–water partition coefficient (Wildman–Crippen LogP) is 3.44. The molecule has 0 aliphatic heterocycles. The van der Waals surface area contributed by atoms with E-state index in [1.54, 1.807) is 0 Å². The van der Waals surface area contributed by atoms with E-state index >= 15 is 0 Å². The van der Waals surface area contributed by atoms with Gasteiger partial charge < -0.3 is 4.74 Å². The van der Waals surface area contributed by atoms with E-state index < -0.39 is 0 Å². The third-order valence-corrected chi connectivity index (χ3v) is 2.10. The Bertz CT molecular complexity index is 444. The minimum absolute atomic E-state index is 0.0198. The van der Waals surface area contributed by atoms with Gasteiger partial charge in [-0.3, -0.25) is 0 Å². The summed E-state index contributed by atoms with van der Waals surface area (Å²) in [5.41, 5.74) is 4.30. The average molecular weight is 230 g/mol. The molecule has 0 aromatic heterocycles. The van der Waals surface area contributed by atoms with Crippen LogP contribution in [0.15, 0.2) is 42.1 Å². The van der Waals surface area contributed by atoms with Crippen molar-refractivity contribution in [2.24, 2.45) is 5.41 Å². The molecule has 0 saturated heterocycles. The number of methoxy groups -OCH3 is 1. The van der Waals surface area contributed by atoms with E-state index in [9.17, 15) is 4.79 Å². The van der Waals surface area contributed by atoms with Crippen LogP contribution in [0.3, 0.4) is 0 Å². The Hall–Kier alpha value is -1.79. The van der Waals surface area contributed by atoms with Crippen molar-refractivity contribution in [1.82, 2.24) is 0 Å². The molecule has 17 heavy (non-hydrogen) atoms. The van der Waals surface area contributed by atoms with Gasteiger partial charge in [0.25, 0.3) is 0 Å². The van der Waals surface area contributed by atoms with E-state index in [0.717, 1.165) is 5.56 Å². The minimum atomic E-state index is -0.364. The SMILES string of the molecule is COC(=O)C(=C=CC(C)(C)C)c1ccccc1. The highest BCUT2D eigenvalue weighted by Gasteiger charge is 2.12. The number of rotatable bonds is 2. The van der Waals surface area contributed by atoms with E-state index in [1.807, 2.05) is 36.4 Å². The lowest BCUT2D eigenvalue weighted by molar-refractivity contribution is -0.133. The van der Waals surface area contributed by atoms with Gasteiger partial charge in [-0.1, -0.05) is 51.1 Å². The molecule has 0 radical (unpaired) electrons. The normalized spacial score (nSPS) is 10.4. The molecule has 1 aromatic carbocycles. The Morgan fingerprint density at radius 2 is 1.82 bits per heavy atom. The lowest BCUT2D eigenvalue weighted by Gasteiger charge is -2.09. The van der Waals surface area contributed by atoms with Gasteiger partial charge in [0, 0.05) is 0 Å². The lowest BCUT2D eigenvalue weighted by Crippen LogP contribution is -2.04. The third kappa shape index (κ3) is 4.29. The van der Waals surface area contributed by atoms with E-state index in [0.29, 0.717) is 5.57 Å². The van der Waals surface area contributed by atoms with Crippen LogP contribution >= 0.6 is 0 Å². The molecule has 90 valence electrons. The Kier molecular flexibility index (Phi) is 4.30. The van der Waals surface area contributed by atoms with E-state index in [1.165, 1.54) is 7.11 Å². The second kappa shape index (κ2) is 5.51. The molecule has 0 spiro atoms. The molecule has 0 heterocycles. The molecular formula is C15H18O2. The van der Waals surface area contributed by atoms with Gasteiger partial charge in [0.2, 0.25) is 0 Å². The maximum atomic E-state index is 11.7. The first kappa shape index (κ1) is 13.3. The molecule has 0 aliphatic rings. The zero-order valence-corrected chi connectivity index (χ0v) is 10.8. The van der Waals surface area contributed by atoms with Gasteiger partial charge in [0.15, 0.2) is 0 Å². The van der Waals surface area contributed by atoms with E-state index in [4.69, 9.17) is 4.74 Å². The fourth-order valence-electron chi connectivity index (χ4n) is 1.26. The van der Waals surface area contributed by atoms with Gasteiger partial charge in [-0.15, -0.1) is 5.73 Å². The molecule has 0 saturated carbocycles. The van der Waals surface area contributed by atoms with Crippen LogP contribution in [0, 0.1) is 5.41 Å². The van der Waals surface area contributed by atoms with Crippen LogP contribution in [0.5, 0.6) is 0 Å². The fourth-order valence-corrected chi connectivity index (χ4v) is 1.26. The molecule has 1 aromatic rings. The average Bonchev–Trinajstić information content (AvgIpc) is 2.29. The molecule has 1 rings (SSSR count). The molecule has 0 aliphatic carbocycles. The van der Waals surface area contributed by atoms with E-state index in [-0.39, 0.29) is 11.4 Å².